The highest BCUT2D eigenvalue weighted by molar-refractivity contribution is 7.19. The lowest BCUT2D eigenvalue weighted by Gasteiger charge is -2.36. The van der Waals surface area contributed by atoms with Crippen LogP contribution in [0.15, 0.2) is 24.5 Å². The van der Waals surface area contributed by atoms with Crippen molar-refractivity contribution in [1.82, 2.24) is 14.9 Å². The van der Waals surface area contributed by atoms with Gasteiger partial charge < -0.3 is 14.4 Å². The number of hydrogen-bond donors (Lipinski definition) is 0. The standard InChI is InChI=1S/C22H26N4O2S/c1-27-16-6-7-18(28-2)15(12-16)13-25-8-10-26(11-9-25)21-20-17-4-3-5-19(17)29-22(20)24-14-23-21/h6-7,12,14H,3-5,8-11,13H2,1-2H3. The Labute approximate surface area is 175 Å². The highest BCUT2D eigenvalue weighted by Crippen LogP contribution is 2.40. The number of hydrogen-bond acceptors (Lipinski definition) is 7. The molecular weight excluding hydrogens is 384 g/mol. The zero-order valence-electron chi connectivity index (χ0n) is 17.0. The van der Waals surface area contributed by atoms with Crippen molar-refractivity contribution in [2.75, 3.05) is 45.3 Å². The van der Waals surface area contributed by atoms with E-state index in [0.29, 0.717) is 0 Å². The second-order valence-corrected chi connectivity index (χ2v) is 8.76. The van der Waals surface area contributed by atoms with E-state index in [0.717, 1.165) is 54.9 Å². The summed E-state index contributed by atoms with van der Waals surface area (Å²) in [5, 5.41) is 1.31. The van der Waals surface area contributed by atoms with Crippen LogP contribution in [-0.4, -0.2) is 55.3 Å². The molecule has 1 aromatic carbocycles. The zero-order valence-corrected chi connectivity index (χ0v) is 17.8. The van der Waals surface area contributed by atoms with Crippen molar-refractivity contribution in [1.29, 1.82) is 0 Å². The van der Waals surface area contributed by atoms with E-state index in [9.17, 15) is 0 Å². The average molecular weight is 411 g/mol. The summed E-state index contributed by atoms with van der Waals surface area (Å²) in [6.45, 7) is 4.81. The first-order valence-electron chi connectivity index (χ1n) is 10.2. The maximum absolute atomic E-state index is 5.55. The van der Waals surface area contributed by atoms with Gasteiger partial charge in [0.05, 0.1) is 19.6 Å². The molecule has 1 aliphatic carbocycles. The number of anilines is 1. The van der Waals surface area contributed by atoms with E-state index in [4.69, 9.17) is 14.5 Å². The molecule has 29 heavy (non-hydrogen) atoms. The number of aromatic nitrogens is 2. The van der Waals surface area contributed by atoms with E-state index in [2.05, 4.69) is 20.9 Å². The van der Waals surface area contributed by atoms with Gasteiger partial charge in [0, 0.05) is 43.2 Å². The van der Waals surface area contributed by atoms with Gasteiger partial charge in [0.15, 0.2) is 0 Å². The summed E-state index contributed by atoms with van der Waals surface area (Å²) in [6, 6.07) is 6.01. The van der Waals surface area contributed by atoms with Gasteiger partial charge in [-0.3, -0.25) is 4.90 Å². The molecule has 0 spiro atoms. The lowest BCUT2D eigenvalue weighted by Crippen LogP contribution is -2.46. The van der Waals surface area contributed by atoms with Gasteiger partial charge in [0.2, 0.25) is 0 Å². The maximum atomic E-state index is 5.55. The molecule has 3 aromatic rings. The lowest BCUT2D eigenvalue weighted by molar-refractivity contribution is 0.245. The van der Waals surface area contributed by atoms with Gasteiger partial charge in [-0.05, 0) is 43.0 Å². The SMILES string of the molecule is COc1ccc(OC)c(CN2CCN(c3ncnc4sc5c(c34)CCC5)CC2)c1. The number of nitrogens with zero attached hydrogens (tertiary/aromatic N) is 4. The monoisotopic (exact) mass is 410 g/mol. The summed E-state index contributed by atoms with van der Waals surface area (Å²) in [7, 11) is 3.43. The smallest absolute Gasteiger partial charge is 0.141 e. The number of thiophene rings is 1. The minimum atomic E-state index is 0.862. The zero-order chi connectivity index (χ0) is 19.8. The molecule has 0 bridgehead atoms. The number of rotatable bonds is 5. The van der Waals surface area contributed by atoms with Gasteiger partial charge in [-0.25, -0.2) is 9.97 Å². The van der Waals surface area contributed by atoms with Crippen LogP contribution < -0.4 is 14.4 Å². The van der Waals surface area contributed by atoms with E-state index in [1.165, 1.54) is 40.7 Å². The van der Waals surface area contributed by atoms with Crippen LogP contribution in [0.25, 0.3) is 10.2 Å². The third kappa shape index (κ3) is 3.42. The molecule has 1 saturated heterocycles. The van der Waals surface area contributed by atoms with Gasteiger partial charge in [-0.1, -0.05) is 0 Å². The third-order valence-corrected chi connectivity index (χ3v) is 7.23. The highest BCUT2D eigenvalue weighted by Gasteiger charge is 2.26. The molecule has 0 amide bonds. The molecule has 2 aliphatic rings. The molecule has 0 unspecified atom stereocenters. The number of aryl methyl sites for hydroxylation is 2. The molecule has 152 valence electrons. The van der Waals surface area contributed by atoms with Gasteiger partial charge >= 0.3 is 0 Å². The van der Waals surface area contributed by atoms with Crippen molar-refractivity contribution >= 4 is 27.4 Å². The predicted octanol–water partition coefficient (Wildman–Crippen LogP) is 3.52. The summed E-state index contributed by atoms with van der Waals surface area (Å²) in [6.07, 6.45) is 5.37. The Morgan fingerprint density at radius 1 is 1.03 bits per heavy atom. The second kappa shape index (κ2) is 7.80. The summed E-state index contributed by atoms with van der Waals surface area (Å²) in [5.41, 5.74) is 2.67. The quantitative estimate of drug-likeness (QED) is 0.642. The van der Waals surface area contributed by atoms with Crippen LogP contribution in [0.5, 0.6) is 11.5 Å². The number of fused-ring (bicyclic) bond motifs is 3. The minimum Gasteiger partial charge on any atom is -0.497 e. The Morgan fingerprint density at radius 3 is 2.69 bits per heavy atom. The molecule has 0 atom stereocenters. The Hall–Kier alpha value is -2.38. The van der Waals surface area contributed by atoms with Crippen molar-refractivity contribution < 1.29 is 9.47 Å². The molecule has 3 heterocycles. The molecule has 2 aromatic heterocycles. The number of ether oxygens (including phenoxy) is 2. The van der Waals surface area contributed by atoms with Gasteiger partial charge in [0.1, 0.15) is 28.5 Å². The largest absolute Gasteiger partial charge is 0.497 e. The van der Waals surface area contributed by atoms with Crippen LogP contribution in [-0.2, 0) is 19.4 Å². The van der Waals surface area contributed by atoms with Gasteiger partial charge in [-0.2, -0.15) is 0 Å². The molecular formula is C22H26N4O2S. The number of methoxy groups -OCH3 is 2. The van der Waals surface area contributed by atoms with Crippen LogP contribution in [0, 0.1) is 0 Å². The first-order chi connectivity index (χ1) is 14.3. The van der Waals surface area contributed by atoms with E-state index in [1.54, 1.807) is 20.5 Å². The van der Waals surface area contributed by atoms with E-state index in [-0.39, 0.29) is 0 Å². The fourth-order valence-corrected chi connectivity index (χ4v) is 5.74. The van der Waals surface area contributed by atoms with E-state index < -0.39 is 0 Å². The first kappa shape index (κ1) is 18.6. The Morgan fingerprint density at radius 2 is 1.90 bits per heavy atom. The maximum Gasteiger partial charge on any atom is 0.141 e. The molecule has 6 nitrogen and oxygen atoms in total. The predicted molar refractivity (Wildman–Crippen MR) is 116 cm³/mol. The fraction of sp³-hybridized carbons (Fsp3) is 0.455. The Balaban J connectivity index is 1.32. The summed E-state index contributed by atoms with van der Waals surface area (Å²) < 4.78 is 10.9. The van der Waals surface area contributed by atoms with Crippen LogP contribution in [0.4, 0.5) is 5.82 Å². The molecule has 1 aliphatic heterocycles. The van der Waals surface area contributed by atoms with Gasteiger partial charge in [-0.15, -0.1) is 11.3 Å². The minimum absolute atomic E-state index is 0.862. The topological polar surface area (TPSA) is 50.7 Å². The molecule has 0 N–H and O–H groups in total. The van der Waals surface area contributed by atoms with E-state index in [1.807, 2.05) is 23.5 Å². The number of benzene rings is 1. The Kier molecular flexibility index (Phi) is 5.01. The van der Waals surface area contributed by atoms with Crippen LogP contribution >= 0.6 is 11.3 Å². The number of piperazine rings is 1. The molecule has 0 radical (unpaired) electrons. The normalized spacial score (nSPS) is 17.0. The molecule has 1 fully saturated rings. The van der Waals surface area contributed by atoms with Crippen molar-refractivity contribution in [3.05, 3.63) is 40.5 Å². The van der Waals surface area contributed by atoms with Crippen LogP contribution in [0.3, 0.4) is 0 Å². The summed E-state index contributed by atoms with van der Waals surface area (Å²) in [4.78, 5) is 16.8. The van der Waals surface area contributed by atoms with Crippen LogP contribution in [0.2, 0.25) is 0 Å². The summed E-state index contributed by atoms with van der Waals surface area (Å²) in [5.74, 6) is 2.92. The lowest BCUT2D eigenvalue weighted by atomic mass is 10.1. The fourth-order valence-electron chi connectivity index (χ4n) is 4.52. The molecule has 0 saturated carbocycles. The van der Waals surface area contributed by atoms with Gasteiger partial charge in [0.25, 0.3) is 0 Å². The highest BCUT2D eigenvalue weighted by atomic mass is 32.1. The van der Waals surface area contributed by atoms with Crippen molar-refractivity contribution in [3.63, 3.8) is 0 Å². The first-order valence-corrected chi connectivity index (χ1v) is 11.0. The molecule has 7 heteroatoms. The summed E-state index contributed by atoms with van der Waals surface area (Å²) >= 11 is 1.86. The third-order valence-electron chi connectivity index (χ3n) is 6.03. The average Bonchev–Trinajstić information content (AvgIpc) is 3.35. The van der Waals surface area contributed by atoms with Crippen LogP contribution in [0.1, 0.15) is 22.4 Å². The Bertz CT molecular complexity index is 1030. The van der Waals surface area contributed by atoms with E-state index >= 15 is 0 Å². The second-order valence-electron chi connectivity index (χ2n) is 7.68. The van der Waals surface area contributed by atoms with Crippen molar-refractivity contribution in [3.8, 4) is 11.5 Å². The van der Waals surface area contributed by atoms with Crippen molar-refractivity contribution in [2.24, 2.45) is 0 Å². The van der Waals surface area contributed by atoms with Crippen molar-refractivity contribution in [2.45, 2.75) is 25.8 Å². The molecule has 5 rings (SSSR count).